The van der Waals surface area contributed by atoms with Crippen molar-refractivity contribution in [2.75, 3.05) is 38.5 Å². The molecule has 1 heterocycles. The minimum absolute atomic E-state index is 0.110. The molecule has 31 heavy (non-hydrogen) atoms. The first kappa shape index (κ1) is 25.7. The number of benzene rings is 1. The number of nitro groups is 1. The molecule has 0 N–H and O–H groups in total. The highest BCUT2D eigenvalue weighted by atomic mass is 32.2. The molecule has 8 heteroatoms. The lowest BCUT2D eigenvalue weighted by Crippen LogP contribution is -2.60. The molecule has 2 rings (SSSR count). The van der Waals surface area contributed by atoms with Crippen molar-refractivity contribution in [3.05, 3.63) is 39.9 Å². The van der Waals surface area contributed by atoms with E-state index in [-0.39, 0.29) is 16.4 Å². The van der Waals surface area contributed by atoms with Crippen LogP contribution in [0.15, 0.2) is 24.3 Å². The summed E-state index contributed by atoms with van der Waals surface area (Å²) < 4.78 is 28.0. The molecule has 1 saturated heterocycles. The lowest BCUT2D eigenvalue weighted by Gasteiger charge is -2.44. The molecule has 0 aromatic heterocycles. The van der Waals surface area contributed by atoms with E-state index in [9.17, 15) is 18.5 Å². The van der Waals surface area contributed by atoms with Crippen LogP contribution in [0.2, 0.25) is 0 Å². The molecule has 0 saturated carbocycles. The van der Waals surface area contributed by atoms with Gasteiger partial charge in [-0.15, -0.1) is 0 Å². The Morgan fingerprint density at radius 2 is 1.61 bits per heavy atom. The highest BCUT2D eigenvalue weighted by Gasteiger charge is 2.36. The maximum absolute atomic E-state index is 12.8. The van der Waals surface area contributed by atoms with Crippen molar-refractivity contribution in [3.8, 4) is 0 Å². The Morgan fingerprint density at radius 3 is 2.19 bits per heavy atom. The van der Waals surface area contributed by atoms with Gasteiger partial charge in [-0.2, -0.15) is 4.31 Å². The number of nitro benzene ring substituents is 1. The van der Waals surface area contributed by atoms with E-state index in [0.717, 1.165) is 48.9 Å². The number of non-ortho nitro benzene ring substituents is 1. The van der Waals surface area contributed by atoms with Crippen molar-refractivity contribution in [2.45, 2.75) is 71.8 Å². The average molecular weight is 455 g/mol. The number of piperazine rings is 1. The summed E-state index contributed by atoms with van der Waals surface area (Å²) in [7, 11) is -3.20. The van der Waals surface area contributed by atoms with Crippen LogP contribution in [0, 0.1) is 10.1 Å². The fourth-order valence-electron chi connectivity index (χ4n) is 4.44. The molecule has 0 bridgehead atoms. The van der Waals surface area contributed by atoms with Gasteiger partial charge in [-0.05, 0) is 13.3 Å². The normalized spacial score (nSPS) is 17.0. The van der Waals surface area contributed by atoms with E-state index in [4.69, 9.17) is 0 Å². The lowest BCUT2D eigenvalue weighted by molar-refractivity contribution is -0.942. The van der Waals surface area contributed by atoms with Crippen molar-refractivity contribution >= 4 is 15.7 Å². The maximum atomic E-state index is 12.8. The summed E-state index contributed by atoms with van der Waals surface area (Å²) in [6, 6.07) is 6.80. The third-order valence-electron chi connectivity index (χ3n) is 6.61. The predicted octanol–water partition coefficient (Wildman–Crippen LogP) is 4.72. The fraction of sp³-hybridized carbons (Fsp3) is 0.739. The first-order chi connectivity index (χ1) is 14.8. The van der Waals surface area contributed by atoms with Gasteiger partial charge in [0.15, 0.2) is 0 Å². The van der Waals surface area contributed by atoms with Crippen LogP contribution in [0.25, 0.3) is 0 Å². The summed E-state index contributed by atoms with van der Waals surface area (Å²) in [4.78, 5) is 10.7. The van der Waals surface area contributed by atoms with Gasteiger partial charge >= 0.3 is 0 Å². The van der Waals surface area contributed by atoms with E-state index in [1.165, 1.54) is 38.2 Å². The first-order valence-electron chi connectivity index (χ1n) is 11.9. The third-order valence-corrected chi connectivity index (χ3v) is 8.56. The Hall–Kier alpha value is -1.51. The summed E-state index contributed by atoms with van der Waals surface area (Å²) in [6.45, 7) is 8.46. The van der Waals surface area contributed by atoms with E-state index in [1.807, 2.05) is 6.07 Å². The van der Waals surface area contributed by atoms with Gasteiger partial charge in [0.05, 0.1) is 43.4 Å². The fourth-order valence-corrected chi connectivity index (χ4v) is 5.99. The van der Waals surface area contributed by atoms with Crippen molar-refractivity contribution in [2.24, 2.45) is 0 Å². The second-order valence-electron chi connectivity index (χ2n) is 8.88. The Bertz CT molecular complexity index is 790. The summed E-state index contributed by atoms with van der Waals surface area (Å²) in [6.07, 6.45) is 9.15. The van der Waals surface area contributed by atoms with Gasteiger partial charge in [0.1, 0.15) is 6.54 Å². The van der Waals surface area contributed by atoms with Crippen LogP contribution in [-0.4, -0.2) is 60.6 Å². The molecule has 0 radical (unpaired) electrons. The van der Waals surface area contributed by atoms with Crippen molar-refractivity contribution in [3.63, 3.8) is 0 Å². The Labute approximate surface area is 188 Å². The highest BCUT2D eigenvalue weighted by Crippen LogP contribution is 2.23. The third kappa shape index (κ3) is 8.16. The van der Waals surface area contributed by atoms with Crippen LogP contribution < -0.4 is 0 Å². The van der Waals surface area contributed by atoms with Gasteiger partial charge in [-0.25, -0.2) is 8.42 Å². The number of unbranched alkanes of at least 4 members (excludes halogenated alkanes) is 7. The summed E-state index contributed by atoms with van der Waals surface area (Å²) in [5.74, 6) is 0.249. The van der Waals surface area contributed by atoms with E-state index < -0.39 is 10.0 Å². The number of nitrogens with zero attached hydrogens (tertiary/aromatic N) is 3. The van der Waals surface area contributed by atoms with Gasteiger partial charge < -0.3 is 4.48 Å². The number of hydrogen-bond acceptors (Lipinski definition) is 4. The standard InChI is InChI=1S/C23H40N3O4S/c1-3-5-6-7-8-9-10-11-19-31(29,30)24-15-17-26(4-2,18-16-24)21-22-13-12-14-23(20-22)25(27)28/h12-14,20H,3-11,15-19,21H2,1-2H3/q+1. The molecule has 1 aliphatic rings. The maximum Gasteiger partial charge on any atom is 0.269 e. The van der Waals surface area contributed by atoms with Gasteiger partial charge in [-0.1, -0.05) is 64.0 Å². The zero-order valence-electron chi connectivity index (χ0n) is 19.3. The molecular formula is C23H40N3O4S+. The van der Waals surface area contributed by atoms with Crippen LogP contribution in [-0.2, 0) is 16.6 Å². The highest BCUT2D eigenvalue weighted by molar-refractivity contribution is 7.89. The molecule has 7 nitrogen and oxygen atoms in total. The smallest absolute Gasteiger partial charge is 0.269 e. The first-order valence-corrected chi connectivity index (χ1v) is 13.5. The van der Waals surface area contributed by atoms with Crippen LogP contribution in [0.5, 0.6) is 0 Å². The molecule has 0 unspecified atom stereocenters. The number of hydrogen-bond donors (Lipinski definition) is 0. The number of likely N-dealkylation sites (N-methyl/N-ethyl adjacent to an activating group) is 1. The van der Waals surface area contributed by atoms with Crippen molar-refractivity contribution in [1.82, 2.24) is 4.31 Å². The molecule has 1 fully saturated rings. The van der Waals surface area contributed by atoms with Crippen LogP contribution in [0.3, 0.4) is 0 Å². The molecule has 1 aliphatic heterocycles. The molecule has 1 aromatic rings. The molecule has 176 valence electrons. The number of rotatable bonds is 14. The zero-order valence-corrected chi connectivity index (χ0v) is 20.1. The second-order valence-corrected chi connectivity index (χ2v) is 11.0. The van der Waals surface area contributed by atoms with Crippen LogP contribution in [0.4, 0.5) is 5.69 Å². The van der Waals surface area contributed by atoms with E-state index in [1.54, 1.807) is 16.4 Å². The molecule has 0 aliphatic carbocycles. The van der Waals surface area contributed by atoms with Gasteiger partial charge in [0.25, 0.3) is 5.69 Å². The molecule has 1 aromatic carbocycles. The predicted molar refractivity (Wildman–Crippen MR) is 125 cm³/mol. The summed E-state index contributed by atoms with van der Waals surface area (Å²) in [5, 5.41) is 11.1. The second kappa shape index (κ2) is 12.5. The SMILES string of the molecule is CCCCCCCCCCS(=O)(=O)N1CC[N+](CC)(Cc2cccc([N+](=O)[O-])c2)CC1. The molecule has 0 spiro atoms. The Morgan fingerprint density at radius 1 is 1.00 bits per heavy atom. The van der Waals surface area contributed by atoms with Crippen molar-refractivity contribution < 1.29 is 17.8 Å². The Kier molecular flexibility index (Phi) is 10.4. The van der Waals surface area contributed by atoms with Gasteiger partial charge in [-0.3, -0.25) is 10.1 Å². The Balaban J connectivity index is 1.81. The monoisotopic (exact) mass is 454 g/mol. The van der Waals surface area contributed by atoms with Gasteiger partial charge in [0.2, 0.25) is 10.0 Å². The zero-order chi connectivity index (χ0) is 22.7. The van der Waals surface area contributed by atoms with E-state index in [0.29, 0.717) is 19.6 Å². The van der Waals surface area contributed by atoms with Gasteiger partial charge in [0, 0.05) is 17.7 Å². The van der Waals surface area contributed by atoms with E-state index >= 15 is 0 Å². The molecule has 0 amide bonds. The minimum atomic E-state index is -3.20. The van der Waals surface area contributed by atoms with E-state index in [2.05, 4.69) is 13.8 Å². The summed E-state index contributed by atoms with van der Waals surface area (Å²) >= 11 is 0. The largest absolute Gasteiger partial charge is 0.318 e. The lowest BCUT2D eigenvalue weighted by atomic mass is 10.1. The van der Waals surface area contributed by atoms with Crippen LogP contribution >= 0.6 is 0 Å². The molecule has 0 atom stereocenters. The quantitative estimate of drug-likeness (QED) is 0.176. The molecular weight excluding hydrogens is 414 g/mol. The van der Waals surface area contributed by atoms with Crippen LogP contribution in [0.1, 0.15) is 70.8 Å². The number of quaternary nitrogens is 1. The number of sulfonamides is 1. The van der Waals surface area contributed by atoms with Crippen molar-refractivity contribution in [1.29, 1.82) is 0 Å². The topological polar surface area (TPSA) is 80.5 Å². The minimum Gasteiger partial charge on any atom is -0.318 e. The average Bonchev–Trinajstić information content (AvgIpc) is 2.76. The summed E-state index contributed by atoms with van der Waals surface area (Å²) in [5.41, 5.74) is 1.05.